The molecule has 1 atom stereocenters. The number of carboxylic acid groups (broad SMARTS) is 1. The monoisotopic (exact) mass is 582 g/mol. The zero-order chi connectivity index (χ0) is 30.5. The van der Waals surface area contributed by atoms with Crippen LogP contribution in [0.4, 0.5) is 27.9 Å². The summed E-state index contributed by atoms with van der Waals surface area (Å²) in [5, 5.41) is 14.0. The second kappa shape index (κ2) is 13.0. The summed E-state index contributed by atoms with van der Waals surface area (Å²) in [6.45, 7) is 7.98. The number of anilines is 4. The number of rotatable bonds is 9. The maximum atomic E-state index is 13.1. The van der Waals surface area contributed by atoms with E-state index in [1.165, 1.54) is 4.90 Å². The summed E-state index contributed by atoms with van der Waals surface area (Å²) in [6, 6.07) is 20.2. The van der Waals surface area contributed by atoms with Gasteiger partial charge >= 0.3 is 6.09 Å². The number of likely N-dealkylation sites (N-methyl/N-ethyl adjacent to an activating group) is 1. The number of piperazine rings is 1. The number of hydrogen-bond donors (Lipinski definition) is 2. The van der Waals surface area contributed by atoms with Crippen molar-refractivity contribution in [3.63, 3.8) is 0 Å². The molecule has 1 aromatic heterocycles. The topological polar surface area (TPSA) is 103 Å². The van der Waals surface area contributed by atoms with Gasteiger partial charge in [-0.2, -0.15) is 4.98 Å². The second-order valence-electron chi connectivity index (χ2n) is 10.7. The highest BCUT2D eigenvalue weighted by Gasteiger charge is 2.34. The van der Waals surface area contributed by atoms with Gasteiger partial charge in [-0.1, -0.05) is 18.2 Å². The van der Waals surface area contributed by atoms with Gasteiger partial charge in [0, 0.05) is 49.3 Å². The molecule has 10 heteroatoms. The van der Waals surface area contributed by atoms with Gasteiger partial charge in [0.25, 0.3) is 0 Å². The number of aryl methyl sites for hydroxylation is 2. The third kappa shape index (κ3) is 6.49. The molecule has 3 aromatic carbocycles. The lowest BCUT2D eigenvalue weighted by molar-refractivity contribution is 0.199. The van der Waals surface area contributed by atoms with E-state index in [0.717, 1.165) is 54.2 Å². The third-order valence-electron chi connectivity index (χ3n) is 7.89. The highest BCUT2D eigenvalue weighted by atomic mass is 16.5. The van der Waals surface area contributed by atoms with Crippen LogP contribution < -0.4 is 24.6 Å². The van der Waals surface area contributed by atoms with Crippen molar-refractivity contribution in [3.05, 3.63) is 95.2 Å². The number of hydrogen-bond acceptors (Lipinski definition) is 8. The fraction of sp³-hybridized carbons (Fsp3) is 0.303. The van der Waals surface area contributed by atoms with Gasteiger partial charge in [0.2, 0.25) is 5.95 Å². The molecule has 224 valence electrons. The molecule has 1 saturated heterocycles. The van der Waals surface area contributed by atoms with Crippen LogP contribution in [-0.2, 0) is 0 Å². The van der Waals surface area contributed by atoms with Crippen molar-refractivity contribution >= 4 is 29.2 Å². The SMILES string of the molecule is COc1ccc(OC)c(C(c2c(C)cccc2C)N(C(=O)O)c2ccnc(Nc3ccc(N4CCN(C)CC4)cc3)n2)c1. The Kier molecular flexibility index (Phi) is 8.96. The van der Waals surface area contributed by atoms with Crippen LogP contribution in [0.2, 0.25) is 0 Å². The molecule has 0 aliphatic carbocycles. The Hall–Kier alpha value is -4.83. The molecular weight excluding hydrogens is 544 g/mol. The van der Waals surface area contributed by atoms with E-state index in [4.69, 9.17) is 9.47 Å². The minimum atomic E-state index is -1.17. The molecule has 5 rings (SSSR count). The Labute approximate surface area is 252 Å². The number of nitrogens with one attached hydrogen (secondary N) is 1. The molecule has 1 aliphatic heterocycles. The van der Waals surface area contributed by atoms with E-state index in [1.54, 1.807) is 38.6 Å². The van der Waals surface area contributed by atoms with Crippen molar-refractivity contribution in [1.82, 2.24) is 14.9 Å². The van der Waals surface area contributed by atoms with Crippen molar-refractivity contribution in [2.45, 2.75) is 19.9 Å². The summed E-state index contributed by atoms with van der Waals surface area (Å²) in [5.41, 5.74) is 5.31. The van der Waals surface area contributed by atoms with Crippen LogP contribution in [0.5, 0.6) is 11.5 Å². The minimum absolute atomic E-state index is 0.219. The van der Waals surface area contributed by atoms with E-state index in [1.807, 2.05) is 50.2 Å². The predicted molar refractivity (Wildman–Crippen MR) is 169 cm³/mol. The van der Waals surface area contributed by atoms with Gasteiger partial charge in [-0.15, -0.1) is 0 Å². The summed E-state index contributed by atoms with van der Waals surface area (Å²) in [7, 11) is 5.29. The van der Waals surface area contributed by atoms with Crippen LogP contribution in [0, 0.1) is 13.8 Å². The molecular formula is C33H38N6O4. The average molecular weight is 583 g/mol. The van der Waals surface area contributed by atoms with Crippen molar-refractivity contribution in [3.8, 4) is 11.5 Å². The van der Waals surface area contributed by atoms with Crippen LogP contribution in [0.3, 0.4) is 0 Å². The number of nitrogens with zero attached hydrogens (tertiary/aromatic N) is 5. The number of amides is 1. The molecule has 0 spiro atoms. The number of aromatic nitrogens is 2. The Bertz CT molecular complexity index is 1550. The van der Waals surface area contributed by atoms with Gasteiger partial charge in [0.1, 0.15) is 17.3 Å². The van der Waals surface area contributed by atoms with Crippen LogP contribution in [0.25, 0.3) is 0 Å². The van der Waals surface area contributed by atoms with E-state index in [-0.39, 0.29) is 11.8 Å². The van der Waals surface area contributed by atoms with Gasteiger partial charge in [-0.05, 0) is 86.1 Å². The molecule has 0 radical (unpaired) electrons. The first-order valence-corrected chi connectivity index (χ1v) is 14.2. The first-order chi connectivity index (χ1) is 20.8. The van der Waals surface area contributed by atoms with Gasteiger partial charge < -0.3 is 29.7 Å². The molecule has 1 fully saturated rings. The quantitative estimate of drug-likeness (QED) is 0.250. The molecule has 1 unspecified atom stereocenters. The largest absolute Gasteiger partial charge is 0.497 e. The van der Waals surface area contributed by atoms with Crippen molar-refractivity contribution < 1.29 is 19.4 Å². The third-order valence-corrected chi connectivity index (χ3v) is 7.89. The fourth-order valence-electron chi connectivity index (χ4n) is 5.57. The highest BCUT2D eigenvalue weighted by Crippen LogP contribution is 2.41. The standard InChI is InChI=1S/C33H38N6O4/c1-22-7-6-8-23(2)30(22)31(27-21-26(42-4)13-14-28(27)43-5)39(33(40)41)29-15-16-34-32(36-29)35-24-9-11-25(12-10-24)38-19-17-37(3)18-20-38/h6-16,21,31H,17-20H2,1-5H3,(H,40,41)(H,34,35,36). The Balaban J connectivity index is 1.52. The molecule has 0 saturated carbocycles. The smallest absolute Gasteiger partial charge is 0.413 e. The van der Waals surface area contributed by atoms with Crippen LogP contribution in [0.1, 0.15) is 28.3 Å². The molecule has 2 N–H and O–H groups in total. The summed E-state index contributed by atoms with van der Waals surface area (Å²) in [5.74, 6) is 1.63. The summed E-state index contributed by atoms with van der Waals surface area (Å²) >= 11 is 0. The van der Waals surface area contributed by atoms with E-state index in [0.29, 0.717) is 17.1 Å². The van der Waals surface area contributed by atoms with E-state index >= 15 is 0 Å². The molecule has 2 heterocycles. The van der Waals surface area contributed by atoms with Crippen LogP contribution in [0.15, 0.2) is 72.9 Å². The first-order valence-electron chi connectivity index (χ1n) is 14.2. The Morgan fingerprint density at radius 2 is 1.65 bits per heavy atom. The summed E-state index contributed by atoms with van der Waals surface area (Å²) < 4.78 is 11.2. The number of ether oxygens (including phenoxy) is 2. The van der Waals surface area contributed by atoms with Crippen molar-refractivity contribution in [2.75, 3.05) is 62.6 Å². The number of carbonyl (C=O) groups is 1. The fourth-order valence-corrected chi connectivity index (χ4v) is 5.57. The maximum Gasteiger partial charge on any atom is 0.413 e. The predicted octanol–water partition coefficient (Wildman–Crippen LogP) is 5.88. The summed E-state index contributed by atoms with van der Waals surface area (Å²) in [6.07, 6.45) is 0.391. The van der Waals surface area contributed by atoms with E-state index in [2.05, 4.69) is 44.3 Å². The minimum Gasteiger partial charge on any atom is -0.497 e. The van der Waals surface area contributed by atoms with Gasteiger partial charge in [0.15, 0.2) is 0 Å². The lowest BCUT2D eigenvalue weighted by Crippen LogP contribution is -2.44. The number of methoxy groups -OCH3 is 2. The normalized spacial score (nSPS) is 14.2. The Morgan fingerprint density at radius 3 is 2.28 bits per heavy atom. The molecule has 1 amide bonds. The zero-order valence-corrected chi connectivity index (χ0v) is 25.2. The second-order valence-corrected chi connectivity index (χ2v) is 10.7. The highest BCUT2D eigenvalue weighted by molar-refractivity contribution is 5.87. The zero-order valence-electron chi connectivity index (χ0n) is 25.2. The van der Waals surface area contributed by atoms with Crippen LogP contribution in [-0.4, -0.2) is 73.5 Å². The van der Waals surface area contributed by atoms with Crippen molar-refractivity contribution in [2.24, 2.45) is 0 Å². The maximum absolute atomic E-state index is 13.1. The molecule has 43 heavy (non-hydrogen) atoms. The molecule has 4 aromatic rings. The lowest BCUT2D eigenvalue weighted by atomic mass is 9.89. The van der Waals surface area contributed by atoms with Gasteiger partial charge in [-0.25, -0.2) is 14.7 Å². The lowest BCUT2D eigenvalue weighted by Gasteiger charge is -2.34. The summed E-state index contributed by atoms with van der Waals surface area (Å²) in [4.78, 5) is 28.1. The first kappa shape index (κ1) is 29.7. The molecule has 10 nitrogen and oxygen atoms in total. The van der Waals surface area contributed by atoms with Gasteiger partial charge in [0.05, 0.1) is 20.3 Å². The van der Waals surface area contributed by atoms with E-state index < -0.39 is 12.1 Å². The molecule has 0 bridgehead atoms. The average Bonchev–Trinajstić information content (AvgIpc) is 3.01. The van der Waals surface area contributed by atoms with E-state index in [9.17, 15) is 9.90 Å². The van der Waals surface area contributed by atoms with Crippen molar-refractivity contribution in [1.29, 1.82) is 0 Å². The van der Waals surface area contributed by atoms with Gasteiger partial charge in [-0.3, -0.25) is 0 Å². The van der Waals surface area contributed by atoms with Crippen LogP contribution >= 0.6 is 0 Å². The molecule has 1 aliphatic rings. The number of benzene rings is 3. The Morgan fingerprint density at radius 1 is 0.953 bits per heavy atom.